The maximum atomic E-state index is 13.8. The van der Waals surface area contributed by atoms with Crippen molar-refractivity contribution in [3.05, 3.63) is 46.0 Å². The number of nitrogens with zero attached hydrogens (tertiary/aromatic N) is 1. The van der Waals surface area contributed by atoms with Gasteiger partial charge in [-0.2, -0.15) is 0 Å². The summed E-state index contributed by atoms with van der Waals surface area (Å²) in [5, 5.41) is 0.303. The van der Waals surface area contributed by atoms with E-state index in [0.717, 1.165) is 11.8 Å². The van der Waals surface area contributed by atoms with Gasteiger partial charge in [0.25, 0.3) is 5.56 Å². The van der Waals surface area contributed by atoms with Gasteiger partial charge in [0.2, 0.25) is 0 Å². The second kappa shape index (κ2) is 5.41. The summed E-state index contributed by atoms with van der Waals surface area (Å²) in [6.45, 7) is 1.69. The van der Waals surface area contributed by atoms with Gasteiger partial charge in [0.15, 0.2) is 5.16 Å². The first-order valence-corrected chi connectivity index (χ1v) is 6.37. The molecule has 1 atom stereocenters. The zero-order valence-corrected chi connectivity index (χ0v) is 11.0. The third kappa shape index (κ3) is 3.12. The maximum Gasteiger partial charge on any atom is 0.253 e. The van der Waals surface area contributed by atoms with E-state index in [1.54, 1.807) is 19.1 Å². The highest BCUT2D eigenvalue weighted by Gasteiger charge is 2.14. The Morgan fingerprint density at radius 1 is 1.47 bits per heavy atom. The molecule has 1 aromatic carbocycles. The summed E-state index contributed by atoms with van der Waals surface area (Å²) >= 11 is 1.12. The molecule has 0 aliphatic heterocycles. The van der Waals surface area contributed by atoms with Crippen molar-refractivity contribution in [2.24, 2.45) is 5.73 Å². The van der Waals surface area contributed by atoms with Crippen LogP contribution in [0.15, 0.2) is 39.1 Å². The SMILES string of the molecule is C[C@@H](N)c1c(F)cccc1Sc1nc(N)cc(=O)[nH]1. The fourth-order valence-corrected chi connectivity index (χ4v) is 2.70. The molecular formula is C12H13FN4OS. The Bertz CT molecular complexity index is 656. The number of H-pyrrole nitrogens is 1. The molecule has 5 nitrogen and oxygen atoms in total. The van der Waals surface area contributed by atoms with Gasteiger partial charge >= 0.3 is 0 Å². The highest BCUT2D eigenvalue weighted by molar-refractivity contribution is 7.99. The first-order valence-electron chi connectivity index (χ1n) is 5.56. The monoisotopic (exact) mass is 280 g/mol. The summed E-state index contributed by atoms with van der Waals surface area (Å²) in [5.41, 5.74) is 11.3. The van der Waals surface area contributed by atoms with Crippen LogP contribution in [0, 0.1) is 5.82 Å². The van der Waals surface area contributed by atoms with Crippen LogP contribution in [-0.2, 0) is 0 Å². The molecule has 7 heteroatoms. The van der Waals surface area contributed by atoms with Crippen LogP contribution in [0.4, 0.5) is 10.2 Å². The van der Waals surface area contributed by atoms with E-state index in [1.807, 2.05) is 0 Å². The number of rotatable bonds is 3. The zero-order valence-electron chi connectivity index (χ0n) is 10.2. The van der Waals surface area contributed by atoms with Gasteiger partial charge in [-0.05, 0) is 19.1 Å². The Hall–Kier alpha value is -1.86. The Kier molecular flexibility index (Phi) is 3.87. The lowest BCUT2D eigenvalue weighted by atomic mass is 10.1. The summed E-state index contributed by atoms with van der Waals surface area (Å²) in [5.74, 6) is -0.267. The van der Waals surface area contributed by atoms with E-state index in [9.17, 15) is 9.18 Å². The third-order valence-electron chi connectivity index (χ3n) is 2.41. The van der Waals surface area contributed by atoms with E-state index in [0.29, 0.717) is 15.6 Å². The highest BCUT2D eigenvalue weighted by atomic mass is 32.2. The average Bonchev–Trinajstić information content (AvgIpc) is 2.26. The molecular weight excluding hydrogens is 267 g/mol. The topological polar surface area (TPSA) is 97.8 Å². The molecule has 0 saturated heterocycles. The molecule has 2 rings (SSSR count). The summed E-state index contributed by atoms with van der Waals surface area (Å²) in [4.78, 5) is 18.4. The number of hydrogen-bond acceptors (Lipinski definition) is 5. The summed E-state index contributed by atoms with van der Waals surface area (Å²) < 4.78 is 13.8. The molecule has 100 valence electrons. The fourth-order valence-electron chi connectivity index (χ4n) is 1.65. The van der Waals surface area contributed by atoms with Crippen molar-refractivity contribution in [1.29, 1.82) is 0 Å². The summed E-state index contributed by atoms with van der Waals surface area (Å²) in [6, 6.07) is 5.36. The molecule has 1 heterocycles. The minimum Gasteiger partial charge on any atom is -0.383 e. The Morgan fingerprint density at radius 3 is 2.84 bits per heavy atom. The highest BCUT2D eigenvalue weighted by Crippen LogP contribution is 2.32. The molecule has 1 aromatic heterocycles. The minimum absolute atomic E-state index is 0.116. The van der Waals surface area contributed by atoms with Crippen molar-refractivity contribution in [2.75, 3.05) is 5.73 Å². The normalized spacial score (nSPS) is 12.4. The quantitative estimate of drug-likeness (QED) is 0.743. The molecule has 0 radical (unpaired) electrons. The standard InChI is InChI=1S/C12H13FN4OS/c1-6(14)11-7(13)3-2-4-8(11)19-12-16-9(15)5-10(18)17-12/h2-6H,14H2,1H3,(H3,15,16,17,18)/t6-/m1/s1. The number of anilines is 1. The second-order valence-electron chi connectivity index (χ2n) is 4.02. The first kappa shape index (κ1) is 13.6. The van der Waals surface area contributed by atoms with Gasteiger partial charge in [0.1, 0.15) is 11.6 Å². The van der Waals surface area contributed by atoms with E-state index in [-0.39, 0.29) is 17.2 Å². The number of aromatic nitrogens is 2. The second-order valence-corrected chi connectivity index (χ2v) is 5.05. The van der Waals surface area contributed by atoms with Crippen LogP contribution in [0.25, 0.3) is 0 Å². The largest absolute Gasteiger partial charge is 0.383 e. The number of benzene rings is 1. The summed E-state index contributed by atoms with van der Waals surface area (Å²) in [7, 11) is 0. The van der Waals surface area contributed by atoms with Gasteiger partial charge in [-0.1, -0.05) is 17.8 Å². The van der Waals surface area contributed by atoms with Crippen LogP contribution < -0.4 is 17.0 Å². The van der Waals surface area contributed by atoms with E-state index in [4.69, 9.17) is 11.5 Å². The molecule has 0 fully saturated rings. The van der Waals surface area contributed by atoms with Crippen LogP contribution in [0.1, 0.15) is 18.5 Å². The number of hydrogen-bond donors (Lipinski definition) is 3. The number of aromatic amines is 1. The van der Waals surface area contributed by atoms with Crippen LogP contribution in [0.3, 0.4) is 0 Å². The number of nitrogen functional groups attached to an aromatic ring is 1. The predicted molar refractivity (Wildman–Crippen MR) is 72.4 cm³/mol. The van der Waals surface area contributed by atoms with Crippen molar-refractivity contribution in [3.8, 4) is 0 Å². The minimum atomic E-state index is -0.462. The lowest BCUT2D eigenvalue weighted by molar-refractivity contribution is 0.585. The van der Waals surface area contributed by atoms with Crippen molar-refractivity contribution >= 4 is 17.6 Å². The molecule has 0 amide bonds. The van der Waals surface area contributed by atoms with Crippen molar-refractivity contribution in [3.63, 3.8) is 0 Å². The first-order chi connectivity index (χ1) is 8.97. The van der Waals surface area contributed by atoms with E-state index >= 15 is 0 Å². The van der Waals surface area contributed by atoms with Gasteiger partial charge < -0.3 is 16.5 Å². The molecule has 0 unspecified atom stereocenters. The molecule has 0 aliphatic carbocycles. The Morgan fingerprint density at radius 2 is 2.21 bits per heavy atom. The average molecular weight is 280 g/mol. The lowest BCUT2D eigenvalue weighted by Crippen LogP contribution is -2.11. The van der Waals surface area contributed by atoms with Crippen LogP contribution in [0.5, 0.6) is 0 Å². The molecule has 0 aliphatic rings. The lowest BCUT2D eigenvalue weighted by Gasteiger charge is -2.12. The van der Waals surface area contributed by atoms with Crippen LogP contribution in [0.2, 0.25) is 0 Å². The van der Waals surface area contributed by atoms with Gasteiger partial charge in [-0.15, -0.1) is 0 Å². The predicted octanol–water partition coefficient (Wildman–Crippen LogP) is 1.66. The van der Waals surface area contributed by atoms with E-state index < -0.39 is 6.04 Å². The van der Waals surface area contributed by atoms with Crippen molar-refractivity contribution < 1.29 is 4.39 Å². The molecule has 0 bridgehead atoms. The molecule has 0 saturated carbocycles. The number of nitrogens with two attached hydrogens (primary N) is 2. The van der Waals surface area contributed by atoms with Crippen molar-refractivity contribution in [1.82, 2.24) is 9.97 Å². The van der Waals surface area contributed by atoms with Gasteiger partial charge in [-0.3, -0.25) is 4.79 Å². The van der Waals surface area contributed by atoms with Gasteiger partial charge in [-0.25, -0.2) is 9.37 Å². The molecule has 5 N–H and O–H groups in total. The Labute approximate surface area is 113 Å². The molecule has 19 heavy (non-hydrogen) atoms. The van der Waals surface area contributed by atoms with Gasteiger partial charge in [0, 0.05) is 22.6 Å². The molecule has 0 spiro atoms. The van der Waals surface area contributed by atoms with E-state index in [2.05, 4.69) is 9.97 Å². The smallest absolute Gasteiger partial charge is 0.253 e. The Balaban J connectivity index is 2.43. The summed E-state index contributed by atoms with van der Waals surface area (Å²) in [6.07, 6.45) is 0. The third-order valence-corrected chi connectivity index (χ3v) is 3.38. The zero-order chi connectivity index (χ0) is 14.0. The van der Waals surface area contributed by atoms with Gasteiger partial charge in [0.05, 0.1) is 0 Å². The molecule has 2 aromatic rings. The van der Waals surface area contributed by atoms with Crippen molar-refractivity contribution in [2.45, 2.75) is 23.0 Å². The number of halogens is 1. The number of nitrogens with one attached hydrogen (secondary N) is 1. The van der Waals surface area contributed by atoms with Crippen LogP contribution in [-0.4, -0.2) is 9.97 Å². The van der Waals surface area contributed by atoms with E-state index in [1.165, 1.54) is 12.1 Å². The fraction of sp³-hybridized carbons (Fsp3) is 0.167. The van der Waals surface area contributed by atoms with Crippen LogP contribution >= 0.6 is 11.8 Å². The maximum absolute atomic E-state index is 13.8.